The molecular formula is C31H41N5O3. The zero-order chi connectivity index (χ0) is 27.4. The molecule has 1 aromatic carbocycles. The summed E-state index contributed by atoms with van der Waals surface area (Å²) in [4.78, 5) is 34.1. The first-order valence-corrected chi connectivity index (χ1v) is 14.4. The summed E-state index contributed by atoms with van der Waals surface area (Å²) in [6.45, 7) is 6.68. The highest BCUT2D eigenvalue weighted by Crippen LogP contribution is 2.35. The monoisotopic (exact) mass is 531 g/mol. The average Bonchev–Trinajstić information content (AvgIpc) is 3.63. The Balaban J connectivity index is 1.42. The molecule has 8 nitrogen and oxygen atoms in total. The van der Waals surface area contributed by atoms with Crippen molar-refractivity contribution in [3.05, 3.63) is 60.0 Å². The molecule has 2 aliphatic heterocycles. The van der Waals surface area contributed by atoms with E-state index in [0.717, 1.165) is 61.1 Å². The minimum atomic E-state index is -0.528. The summed E-state index contributed by atoms with van der Waals surface area (Å²) in [6.07, 6.45) is 8.16. The van der Waals surface area contributed by atoms with Crippen molar-refractivity contribution in [2.24, 2.45) is 11.8 Å². The number of hydrogen-bond acceptors (Lipinski definition) is 5. The summed E-state index contributed by atoms with van der Waals surface area (Å²) in [6, 6.07) is 12.1. The molecular weight excluding hydrogens is 490 g/mol. The summed E-state index contributed by atoms with van der Waals surface area (Å²) in [5.74, 6) is -0.0765. The Morgan fingerprint density at radius 2 is 1.90 bits per heavy atom. The van der Waals surface area contributed by atoms with E-state index in [1.165, 1.54) is 5.56 Å². The molecule has 2 aliphatic rings. The molecule has 5 rings (SSSR count). The molecule has 0 unspecified atom stereocenters. The third-order valence-corrected chi connectivity index (χ3v) is 8.39. The standard InChI is InChI=1S/C31H41N5O3/c1-4-21(2)30(37)34-28(24-13-17-39-18-14-24)31(38)36-16-6-8-27(36)26-20-35-15-5-7-25(29(35)33-26)23-11-9-22(10-12-23)19-32-3/h5,7,9-12,15,20-21,24,27-28,32H,4,6,8,13-14,16-19H2,1-3H3,(H,34,37)/t21-,27+,28+/m1/s1. The van der Waals surface area contributed by atoms with Gasteiger partial charge in [0.1, 0.15) is 11.7 Å². The number of nitrogens with one attached hydrogen (secondary N) is 2. The Labute approximate surface area is 231 Å². The van der Waals surface area contributed by atoms with Crippen molar-refractivity contribution < 1.29 is 14.3 Å². The van der Waals surface area contributed by atoms with Crippen molar-refractivity contribution in [3.8, 4) is 11.1 Å². The van der Waals surface area contributed by atoms with Gasteiger partial charge in [0.2, 0.25) is 11.8 Å². The molecule has 0 aliphatic carbocycles. The van der Waals surface area contributed by atoms with E-state index in [9.17, 15) is 9.59 Å². The van der Waals surface area contributed by atoms with Crippen LogP contribution in [0.4, 0.5) is 0 Å². The quantitative estimate of drug-likeness (QED) is 0.429. The molecule has 2 N–H and O–H groups in total. The topological polar surface area (TPSA) is 88.0 Å². The molecule has 0 radical (unpaired) electrons. The second-order valence-electron chi connectivity index (χ2n) is 11.0. The van der Waals surface area contributed by atoms with E-state index in [0.29, 0.717) is 19.8 Å². The van der Waals surface area contributed by atoms with E-state index in [1.807, 2.05) is 38.1 Å². The largest absolute Gasteiger partial charge is 0.381 e. The highest BCUT2D eigenvalue weighted by Gasteiger charge is 2.40. The van der Waals surface area contributed by atoms with Crippen LogP contribution in [0.1, 0.15) is 63.3 Å². The number of fused-ring (bicyclic) bond motifs is 1. The number of amides is 2. The maximum Gasteiger partial charge on any atom is 0.246 e. The Bertz CT molecular complexity index is 1280. The lowest BCUT2D eigenvalue weighted by Crippen LogP contribution is -2.54. The molecule has 2 amide bonds. The van der Waals surface area contributed by atoms with Gasteiger partial charge in [-0.15, -0.1) is 0 Å². The Kier molecular flexibility index (Phi) is 8.63. The van der Waals surface area contributed by atoms with Gasteiger partial charge in [0, 0.05) is 50.2 Å². The lowest BCUT2D eigenvalue weighted by Gasteiger charge is -2.35. The van der Waals surface area contributed by atoms with Gasteiger partial charge in [-0.05, 0) is 68.3 Å². The molecule has 8 heteroatoms. The predicted octanol–water partition coefficient (Wildman–Crippen LogP) is 4.34. The molecule has 0 bridgehead atoms. The number of benzene rings is 1. The number of nitrogens with zero attached hydrogens (tertiary/aromatic N) is 3. The zero-order valence-corrected chi connectivity index (χ0v) is 23.4. The van der Waals surface area contributed by atoms with Gasteiger partial charge in [-0.2, -0.15) is 0 Å². The highest BCUT2D eigenvalue weighted by molar-refractivity contribution is 5.89. The van der Waals surface area contributed by atoms with E-state index < -0.39 is 6.04 Å². The van der Waals surface area contributed by atoms with Crippen LogP contribution in [0, 0.1) is 11.8 Å². The molecule has 0 spiro atoms. The maximum absolute atomic E-state index is 14.1. The Morgan fingerprint density at radius 3 is 2.62 bits per heavy atom. The lowest BCUT2D eigenvalue weighted by molar-refractivity contribution is -0.140. The van der Waals surface area contributed by atoms with Crippen LogP contribution in [0.25, 0.3) is 16.8 Å². The van der Waals surface area contributed by atoms with Crippen molar-refractivity contribution >= 4 is 17.5 Å². The Morgan fingerprint density at radius 1 is 1.13 bits per heavy atom. The van der Waals surface area contributed by atoms with E-state index in [1.54, 1.807) is 0 Å². The molecule has 0 saturated carbocycles. The number of aromatic nitrogens is 2. The molecule has 4 heterocycles. The summed E-state index contributed by atoms with van der Waals surface area (Å²) < 4.78 is 7.63. The molecule has 2 saturated heterocycles. The van der Waals surface area contributed by atoms with Crippen LogP contribution >= 0.6 is 0 Å². The minimum absolute atomic E-state index is 0.0125. The number of imidazole rings is 1. The summed E-state index contributed by atoms with van der Waals surface area (Å²) >= 11 is 0. The van der Waals surface area contributed by atoms with Crippen molar-refractivity contribution in [2.75, 3.05) is 26.8 Å². The van der Waals surface area contributed by atoms with Crippen LogP contribution in [0.5, 0.6) is 0 Å². The molecule has 208 valence electrons. The molecule has 2 aromatic heterocycles. The number of pyridine rings is 1. The van der Waals surface area contributed by atoms with Gasteiger partial charge >= 0.3 is 0 Å². The number of carbonyl (C=O) groups excluding carboxylic acids is 2. The fourth-order valence-electron chi connectivity index (χ4n) is 5.85. The van der Waals surface area contributed by atoms with Gasteiger partial charge in [-0.1, -0.05) is 38.1 Å². The fourth-order valence-corrected chi connectivity index (χ4v) is 5.85. The molecule has 2 fully saturated rings. The highest BCUT2D eigenvalue weighted by atomic mass is 16.5. The van der Waals surface area contributed by atoms with Gasteiger partial charge < -0.3 is 24.7 Å². The second kappa shape index (κ2) is 12.3. The maximum atomic E-state index is 14.1. The van der Waals surface area contributed by atoms with Crippen LogP contribution in [-0.2, 0) is 20.9 Å². The third-order valence-electron chi connectivity index (χ3n) is 8.39. The molecule has 39 heavy (non-hydrogen) atoms. The third kappa shape index (κ3) is 5.87. The van der Waals surface area contributed by atoms with Crippen molar-refractivity contribution in [2.45, 2.75) is 64.6 Å². The second-order valence-corrected chi connectivity index (χ2v) is 11.0. The normalized spacial score (nSPS) is 19.8. The Hall–Kier alpha value is -3.23. The SMILES string of the molecule is CC[C@@H](C)C(=O)N[C@H](C(=O)N1CCC[C@H]1c1cn2cccc(-c3ccc(CNC)cc3)c2n1)C1CCOCC1. The van der Waals surface area contributed by atoms with Crippen LogP contribution in [0.3, 0.4) is 0 Å². The summed E-state index contributed by atoms with van der Waals surface area (Å²) in [5, 5.41) is 6.33. The molecule has 3 atom stereocenters. The van der Waals surface area contributed by atoms with Crippen LogP contribution < -0.4 is 10.6 Å². The van der Waals surface area contributed by atoms with Crippen LogP contribution in [0.15, 0.2) is 48.8 Å². The van der Waals surface area contributed by atoms with Crippen molar-refractivity contribution in [3.63, 3.8) is 0 Å². The van der Waals surface area contributed by atoms with E-state index >= 15 is 0 Å². The van der Waals surface area contributed by atoms with Crippen LogP contribution in [-0.4, -0.2) is 58.9 Å². The van der Waals surface area contributed by atoms with Crippen molar-refractivity contribution in [1.29, 1.82) is 0 Å². The summed E-state index contributed by atoms with van der Waals surface area (Å²) in [5.41, 5.74) is 5.20. The first-order valence-electron chi connectivity index (χ1n) is 14.4. The minimum Gasteiger partial charge on any atom is -0.381 e. The fraction of sp³-hybridized carbons (Fsp3) is 0.516. The van der Waals surface area contributed by atoms with Gasteiger partial charge in [0.15, 0.2) is 0 Å². The van der Waals surface area contributed by atoms with Gasteiger partial charge in [-0.25, -0.2) is 4.98 Å². The number of likely N-dealkylation sites (tertiary alicyclic amines) is 1. The van der Waals surface area contributed by atoms with E-state index in [4.69, 9.17) is 9.72 Å². The van der Waals surface area contributed by atoms with E-state index in [2.05, 4.69) is 51.6 Å². The smallest absolute Gasteiger partial charge is 0.246 e. The van der Waals surface area contributed by atoms with Gasteiger partial charge in [-0.3, -0.25) is 9.59 Å². The first-order chi connectivity index (χ1) is 19.0. The van der Waals surface area contributed by atoms with E-state index in [-0.39, 0.29) is 29.7 Å². The summed E-state index contributed by atoms with van der Waals surface area (Å²) in [7, 11) is 1.95. The van der Waals surface area contributed by atoms with Crippen molar-refractivity contribution in [1.82, 2.24) is 24.9 Å². The first kappa shape index (κ1) is 27.3. The predicted molar refractivity (Wildman–Crippen MR) is 152 cm³/mol. The van der Waals surface area contributed by atoms with Crippen LogP contribution in [0.2, 0.25) is 0 Å². The van der Waals surface area contributed by atoms with Gasteiger partial charge in [0.25, 0.3) is 0 Å². The number of rotatable bonds is 9. The number of carbonyl (C=O) groups is 2. The lowest BCUT2D eigenvalue weighted by atomic mass is 9.90. The number of hydrogen-bond donors (Lipinski definition) is 2. The number of ether oxygens (including phenoxy) is 1. The molecule has 3 aromatic rings. The zero-order valence-electron chi connectivity index (χ0n) is 23.4. The average molecular weight is 532 g/mol. The van der Waals surface area contributed by atoms with Gasteiger partial charge in [0.05, 0.1) is 11.7 Å².